The molecule has 1 atom stereocenters. The second-order valence-electron chi connectivity index (χ2n) is 5.17. The lowest BCUT2D eigenvalue weighted by molar-refractivity contribution is 0.0921. The summed E-state index contributed by atoms with van der Waals surface area (Å²) in [6.07, 6.45) is 0. The molecular formula is C17H20N2O2. The zero-order valence-corrected chi connectivity index (χ0v) is 12.6. The zero-order valence-electron chi connectivity index (χ0n) is 12.6. The highest BCUT2D eigenvalue weighted by Crippen LogP contribution is 2.12. The van der Waals surface area contributed by atoms with E-state index in [1.165, 1.54) is 0 Å². The molecule has 0 aliphatic carbocycles. The molecule has 0 aliphatic rings. The standard InChI is InChI=1S/C17H20N2O2/c1-12-6-4-8-15(10-12)21-11-14(3)19-17(20)16-9-5-7-13(2)18-16/h4-10,14H,11H2,1-3H3,(H,19,20). The third-order valence-corrected chi connectivity index (χ3v) is 2.99. The largest absolute Gasteiger partial charge is 0.491 e. The minimum absolute atomic E-state index is 0.0969. The Balaban J connectivity index is 1.87. The van der Waals surface area contributed by atoms with Gasteiger partial charge in [-0.1, -0.05) is 18.2 Å². The van der Waals surface area contributed by atoms with Crippen LogP contribution in [0.25, 0.3) is 0 Å². The van der Waals surface area contributed by atoms with Crippen molar-refractivity contribution in [3.05, 3.63) is 59.4 Å². The molecule has 1 N–H and O–H groups in total. The monoisotopic (exact) mass is 284 g/mol. The lowest BCUT2D eigenvalue weighted by Crippen LogP contribution is -2.37. The summed E-state index contributed by atoms with van der Waals surface area (Å²) in [5, 5.41) is 2.88. The van der Waals surface area contributed by atoms with Crippen molar-refractivity contribution in [2.75, 3.05) is 6.61 Å². The van der Waals surface area contributed by atoms with Crippen LogP contribution < -0.4 is 10.1 Å². The van der Waals surface area contributed by atoms with E-state index in [0.717, 1.165) is 17.0 Å². The molecule has 0 spiro atoms. The summed E-state index contributed by atoms with van der Waals surface area (Å²) in [4.78, 5) is 16.2. The van der Waals surface area contributed by atoms with Crippen molar-refractivity contribution in [1.29, 1.82) is 0 Å². The van der Waals surface area contributed by atoms with Crippen molar-refractivity contribution in [3.63, 3.8) is 0 Å². The summed E-state index contributed by atoms with van der Waals surface area (Å²) in [5.41, 5.74) is 2.40. The molecule has 1 aromatic heterocycles. The van der Waals surface area contributed by atoms with Crippen molar-refractivity contribution in [2.24, 2.45) is 0 Å². The average molecular weight is 284 g/mol. The Morgan fingerprint density at radius 1 is 1.24 bits per heavy atom. The second-order valence-corrected chi connectivity index (χ2v) is 5.17. The molecule has 4 nitrogen and oxygen atoms in total. The van der Waals surface area contributed by atoms with E-state index in [1.54, 1.807) is 6.07 Å². The van der Waals surface area contributed by atoms with Crippen LogP contribution in [0.1, 0.15) is 28.7 Å². The maximum atomic E-state index is 12.0. The van der Waals surface area contributed by atoms with Gasteiger partial charge in [-0.3, -0.25) is 4.79 Å². The predicted octanol–water partition coefficient (Wildman–Crippen LogP) is 2.90. The van der Waals surface area contributed by atoms with Gasteiger partial charge in [0.2, 0.25) is 0 Å². The van der Waals surface area contributed by atoms with Gasteiger partial charge in [-0.15, -0.1) is 0 Å². The van der Waals surface area contributed by atoms with E-state index in [1.807, 2.05) is 57.2 Å². The average Bonchev–Trinajstić information content (AvgIpc) is 2.45. The molecule has 1 heterocycles. The summed E-state index contributed by atoms with van der Waals surface area (Å²) in [5.74, 6) is 0.629. The molecule has 1 amide bonds. The Morgan fingerprint density at radius 2 is 2.00 bits per heavy atom. The van der Waals surface area contributed by atoms with Crippen LogP contribution in [0.3, 0.4) is 0 Å². The van der Waals surface area contributed by atoms with Crippen LogP contribution in [-0.4, -0.2) is 23.5 Å². The van der Waals surface area contributed by atoms with Crippen LogP contribution in [0.15, 0.2) is 42.5 Å². The molecule has 2 aromatic rings. The highest BCUT2D eigenvalue weighted by atomic mass is 16.5. The zero-order chi connectivity index (χ0) is 15.2. The van der Waals surface area contributed by atoms with Gasteiger partial charge in [-0.05, 0) is 50.6 Å². The molecule has 1 aromatic carbocycles. The van der Waals surface area contributed by atoms with Gasteiger partial charge in [0.1, 0.15) is 18.1 Å². The molecule has 0 fully saturated rings. The number of benzene rings is 1. The maximum Gasteiger partial charge on any atom is 0.270 e. The number of ether oxygens (including phenoxy) is 1. The SMILES string of the molecule is Cc1cccc(OCC(C)NC(=O)c2cccc(C)n2)c1. The molecule has 110 valence electrons. The fourth-order valence-electron chi connectivity index (χ4n) is 1.94. The number of hydrogen-bond donors (Lipinski definition) is 1. The molecule has 0 saturated carbocycles. The molecule has 0 bridgehead atoms. The summed E-state index contributed by atoms with van der Waals surface area (Å²) < 4.78 is 5.67. The van der Waals surface area contributed by atoms with E-state index in [2.05, 4.69) is 10.3 Å². The first-order chi connectivity index (χ1) is 10.0. The topological polar surface area (TPSA) is 51.2 Å². The van der Waals surface area contributed by atoms with Gasteiger partial charge in [-0.2, -0.15) is 0 Å². The van der Waals surface area contributed by atoms with Gasteiger partial charge in [-0.25, -0.2) is 4.98 Å². The van der Waals surface area contributed by atoms with Crippen LogP contribution in [0.2, 0.25) is 0 Å². The Bertz CT molecular complexity index is 626. The van der Waals surface area contributed by atoms with Gasteiger partial charge in [0, 0.05) is 5.69 Å². The predicted molar refractivity (Wildman–Crippen MR) is 82.6 cm³/mol. The number of hydrogen-bond acceptors (Lipinski definition) is 3. The number of carbonyl (C=O) groups is 1. The first kappa shape index (κ1) is 15.0. The Morgan fingerprint density at radius 3 is 2.71 bits per heavy atom. The van der Waals surface area contributed by atoms with E-state index in [0.29, 0.717) is 12.3 Å². The number of aromatic nitrogens is 1. The van der Waals surface area contributed by atoms with Gasteiger partial charge in [0.25, 0.3) is 5.91 Å². The lowest BCUT2D eigenvalue weighted by atomic mass is 10.2. The van der Waals surface area contributed by atoms with E-state index in [4.69, 9.17) is 4.74 Å². The van der Waals surface area contributed by atoms with Gasteiger partial charge < -0.3 is 10.1 Å². The van der Waals surface area contributed by atoms with Crippen molar-refractivity contribution < 1.29 is 9.53 Å². The fourth-order valence-corrected chi connectivity index (χ4v) is 1.94. The molecule has 2 rings (SSSR count). The Hall–Kier alpha value is -2.36. The highest BCUT2D eigenvalue weighted by Gasteiger charge is 2.11. The molecule has 0 saturated heterocycles. The van der Waals surface area contributed by atoms with E-state index in [9.17, 15) is 4.79 Å². The molecule has 4 heteroatoms. The summed E-state index contributed by atoms with van der Waals surface area (Å²) >= 11 is 0. The van der Waals surface area contributed by atoms with Crippen molar-refractivity contribution >= 4 is 5.91 Å². The van der Waals surface area contributed by atoms with Crippen molar-refractivity contribution in [1.82, 2.24) is 10.3 Å². The third-order valence-electron chi connectivity index (χ3n) is 2.99. The van der Waals surface area contributed by atoms with Gasteiger partial charge in [0.15, 0.2) is 0 Å². The van der Waals surface area contributed by atoms with Crippen LogP contribution in [0.4, 0.5) is 0 Å². The maximum absolute atomic E-state index is 12.0. The number of carbonyl (C=O) groups excluding carboxylic acids is 1. The van der Waals surface area contributed by atoms with Crippen LogP contribution in [0.5, 0.6) is 5.75 Å². The normalized spacial score (nSPS) is 11.8. The van der Waals surface area contributed by atoms with E-state index < -0.39 is 0 Å². The quantitative estimate of drug-likeness (QED) is 0.918. The smallest absolute Gasteiger partial charge is 0.270 e. The fraction of sp³-hybridized carbons (Fsp3) is 0.294. The minimum atomic E-state index is -0.181. The first-order valence-corrected chi connectivity index (χ1v) is 6.98. The first-order valence-electron chi connectivity index (χ1n) is 6.98. The number of rotatable bonds is 5. The number of aryl methyl sites for hydroxylation is 2. The second kappa shape index (κ2) is 6.88. The van der Waals surface area contributed by atoms with Crippen LogP contribution in [-0.2, 0) is 0 Å². The van der Waals surface area contributed by atoms with Gasteiger partial charge >= 0.3 is 0 Å². The summed E-state index contributed by atoms with van der Waals surface area (Å²) in [6, 6.07) is 13.1. The minimum Gasteiger partial charge on any atom is -0.491 e. The van der Waals surface area contributed by atoms with Crippen LogP contribution >= 0.6 is 0 Å². The molecule has 21 heavy (non-hydrogen) atoms. The van der Waals surface area contributed by atoms with E-state index in [-0.39, 0.29) is 11.9 Å². The Kier molecular flexibility index (Phi) is 4.93. The number of pyridine rings is 1. The van der Waals surface area contributed by atoms with E-state index >= 15 is 0 Å². The summed E-state index contributed by atoms with van der Waals surface area (Å²) in [6.45, 7) is 6.20. The highest BCUT2D eigenvalue weighted by molar-refractivity contribution is 5.92. The van der Waals surface area contributed by atoms with Crippen molar-refractivity contribution in [2.45, 2.75) is 26.8 Å². The van der Waals surface area contributed by atoms with Crippen LogP contribution in [0, 0.1) is 13.8 Å². The molecule has 0 radical (unpaired) electrons. The third kappa shape index (κ3) is 4.60. The summed E-state index contributed by atoms with van der Waals surface area (Å²) in [7, 11) is 0. The lowest BCUT2D eigenvalue weighted by Gasteiger charge is -2.15. The van der Waals surface area contributed by atoms with Gasteiger partial charge in [0.05, 0.1) is 6.04 Å². The number of amides is 1. The molecule has 1 unspecified atom stereocenters. The number of nitrogens with one attached hydrogen (secondary N) is 1. The molecule has 0 aliphatic heterocycles. The number of nitrogens with zero attached hydrogens (tertiary/aromatic N) is 1. The van der Waals surface area contributed by atoms with Crippen molar-refractivity contribution in [3.8, 4) is 5.75 Å². The Labute approximate surface area is 125 Å². The molecular weight excluding hydrogens is 264 g/mol.